The molecule has 0 radical (unpaired) electrons. The average Bonchev–Trinajstić information content (AvgIpc) is 2.40. The molecule has 0 aromatic carbocycles. The van der Waals surface area contributed by atoms with Gasteiger partial charge in [0.2, 0.25) is 0 Å². The Hall–Kier alpha value is 0.0500. The van der Waals surface area contributed by atoms with Gasteiger partial charge in [0.25, 0.3) is 0 Å². The second kappa shape index (κ2) is 4.17. The third-order valence-electron chi connectivity index (χ3n) is 2.28. The third kappa shape index (κ3) is 2.24. The maximum Gasteiger partial charge on any atom is 0.0307 e. The lowest BCUT2D eigenvalue weighted by Crippen LogP contribution is -2.34. The highest BCUT2D eigenvalue weighted by atomic mass is 32.2. The van der Waals surface area contributed by atoms with Crippen LogP contribution in [0.3, 0.4) is 0 Å². The third-order valence-corrected chi connectivity index (χ3v) is 3.47. The number of hydrogen-bond acceptors (Lipinski definition) is 2. The van der Waals surface area contributed by atoms with Crippen molar-refractivity contribution in [3.63, 3.8) is 0 Å². The van der Waals surface area contributed by atoms with E-state index >= 15 is 0 Å². The molecule has 1 fully saturated rings. The maximum absolute atomic E-state index is 4.00. The molecule has 0 aromatic heterocycles. The van der Waals surface area contributed by atoms with Gasteiger partial charge < -0.3 is 5.32 Å². The molecule has 1 rings (SSSR count). The lowest BCUT2D eigenvalue weighted by Gasteiger charge is -2.22. The van der Waals surface area contributed by atoms with E-state index in [4.69, 9.17) is 0 Å². The van der Waals surface area contributed by atoms with Gasteiger partial charge in [-0.2, -0.15) is 11.8 Å². The molecule has 1 N–H and O–H groups in total. The summed E-state index contributed by atoms with van der Waals surface area (Å²) in [5.74, 6) is 3.46. The first-order chi connectivity index (χ1) is 5.25. The van der Waals surface area contributed by atoms with E-state index in [9.17, 15) is 0 Å². The second-order valence-electron chi connectivity index (χ2n) is 3.24. The Morgan fingerprint density at radius 3 is 2.82 bits per heavy atom. The van der Waals surface area contributed by atoms with E-state index in [1.807, 2.05) is 7.05 Å². The van der Waals surface area contributed by atoms with Crippen LogP contribution in [0.4, 0.5) is 0 Å². The van der Waals surface area contributed by atoms with Crippen LogP contribution in [-0.2, 0) is 0 Å². The van der Waals surface area contributed by atoms with Gasteiger partial charge in [-0.3, -0.25) is 0 Å². The Balaban J connectivity index is 2.46. The van der Waals surface area contributed by atoms with Crippen molar-refractivity contribution >= 4 is 11.8 Å². The summed E-state index contributed by atoms with van der Waals surface area (Å²) in [5.41, 5.74) is 1.28. The Morgan fingerprint density at radius 1 is 1.73 bits per heavy atom. The van der Waals surface area contributed by atoms with Crippen molar-refractivity contribution in [3.8, 4) is 0 Å². The second-order valence-corrected chi connectivity index (χ2v) is 4.39. The molecule has 2 atom stereocenters. The molecule has 1 saturated heterocycles. The van der Waals surface area contributed by atoms with Gasteiger partial charge in [0.15, 0.2) is 0 Å². The standard InChI is InChI=1S/C9H17NS/c1-7(2)9(10-3)8-4-5-11-6-8/h8-10H,1,4-6H2,2-3H3. The molecular formula is C9H17NS. The summed E-state index contributed by atoms with van der Waals surface area (Å²) < 4.78 is 0. The number of likely N-dealkylation sites (N-methyl/N-ethyl adjacent to an activating group) is 1. The van der Waals surface area contributed by atoms with Crippen molar-refractivity contribution in [1.82, 2.24) is 5.32 Å². The van der Waals surface area contributed by atoms with E-state index in [0.29, 0.717) is 6.04 Å². The van der Waals surface area contributed by atoms with E-state index < -0.39 is 0 Å². The zero-order valence-electron chi connectivity index (χ0n) is 7.39. The lowest BCUT2D eigenvalue weighted by atomic mass is 9.94. The van der Waals surface area contributed by atoms with Gasteiger partial charge in [-0.05, 0) is 37.8 Å². The predicted molar refractivity (Wildman–Crippen MR) is 53.1 cm³/mol. The smallest absolute Gasteiger partial charge is 0.0307 e. The van der Waals surface area contributed by atoms with Gasteiger partial charge in [-0.1, -0.05) is 12.2 Å². The van der Waals surface area contributed by atoms with Crippen LogP contribution in [0.15, 0.2) is 12.2 Å². The van der Waals surface area contributed by atoms with Gasteiger partial charge in [0.1, 0.15) is 0 Å². The largest absolute Gasteiger partial charge is 0.313 e. The molecule has 0 spiro atoms. The number of thioether (sulfide) groups is 1. The van der Waals surface area contributed by atoms with Crippen LogP contribution < -0.4 is 5.32 Å². The average molecular weight is 171 g/mol. The topological polar surface area (TPSA) is 12.0 Å². The molecule has 2 heteroatoms. The number of rotatable bonds is 3. The first kappa shape index (κ1) is 9.14. The first-order valence-corrected chi connectivity index (χ1v) is 5.31. The molecule has 1 nitrogen and oxygen atoms in total. The summed E-state index contributed by atoms with van der Waals surface area (Å²) in [6.45, 7) is 6.11. The van der Waals surface area contributed by atoms with Gasteiger partial charge in [0, 0.05) is 6.04 Å². The zero-order valence-corrected chi connectivity index (χ0v) is 8.21. The molecule has 0 amide bonds. The van der Waals surface area contributed by atoms with Crippen LogP contribution >= 0.6 is 11.8 Å². The Bertz CT molecular complexity index is 138. The van der Waals surface area contributed by atoms with Crippen LogP contribution in [0.5, 0.6) is 0 Å². The summed E-state index contributed by atoms with van der Waals surface area (Å²) in [6, 6.07) is 0.546. The first-order valence-electron chi connectivity index (χ1n) is 4.16. The molecule has 2 unspecified atom stereocenters. The molecule has 0 aromatic rings. The maximum atomic E-state index is 4.00. The minimum atomic E-state index is 0.546. The fourth-order valence-electron chi connectivity index (χ4n) is 1.70. The van der Waals surface area contributed by atoms with E-state index in [1.54, 1.807) is 0 Å². The van der Waals surface area contributed by atoms with Crippen molar-refractivity contribution in [2.75, 3.05) is 18.6 Å². The summed E-state index contributed by atoms with van der Waals surface area (Å²) in [7, 11) is 2.03. The molecule has 64 valence electrons. The van der Waals surface area contributed by atoms with Gasteiger partial charge in [-0.15, -0.1) is 0 Å². The van der Waals surface area contributed by atoms with Crippen molar-refractivity contribution in [1.29, 1.82) is 0 Å². The SMILES string of the molecule is C=C(C)C(NC)C1CCSC1. The molecule has 0 saturated carbocycles. The molecular weight excluding hydrogens is 154 g/mol. The fraction of sp³-hybridized carbons (Fsp3) is 0.778. The monoisotopic (exact) mass is 171 g/mol. The minimum Gasteiger partial charge on any atom is -0.313 e. The molecule has 0 bridgehead atoms. The Morgan fingerprint density at radius 2 is 2.45 bits per heavy atom. The summed E-state index contributed by atoms with van der Waals surface area (Å²) in [4.78, 5) is 0. The van der Waals surface area contributed by atoms with Crippen molar-refractivity contribution in [2.45, 2.75) is 19.4 Å². The van der Waals surface area contributed by atoms with E-state index in [1.165, 1.54) is 23.5 Å². The molecule has 0 aliphatic carbocycles. The molecule has 1 aliphatic rings. The van der Waals surface area contributed by atoms with Crippen LogP contribution in [0.25, 0.3) is 0 Å². The molecule has 11 heavy (non-hydrogen) atoms. The molecule has 1 aliphatic heterocycles. The lowest BCUT2D eigenvalue weighted by molar-refractivity contribution is 0.454. The summed E-state index contributed by atoms with van der Waals surface area (Å²) in [6.07, 6.45) is 1.35. The Kier molecular flexibility index (Phi) is 3.46. The fourth-order valence-corrected chi connectivity index (χ4v) is 3.00. The highest BCUT2D eigenvalue weighted by molar-refractivity contribution is 7.99. The normalized spacial score (nSPS) is 26.9. The van der Waals surface area contributed by atoms with E-state index in [-0.39, 0.29) is 0 Å². The minimum absolute atomic E-state index is 0.546. The van der Waals surface area contributed by atoms with Crippen molar-refractivity contribution in [3.05, 3.63) is 12.2 Å². The van der Waals surface area contributed by atoms with Crippen LogP contribution in [0.2, 0.25) is 0 Å². The van der Waals surface area contributed by atoms with Crippen LogP contribution in [-0.4, -0.2) is 24.6 Å². The van der Waals surface area contributed by atoms with Crippen molar-refractivity contribution in [2.24, 2.45) is 5.92 Å². The zero-order chi connectivity index (χ0) is 8.27. The van der Waals surface area contributed by atoms with Gasteiger partial charge in [0.05, 0.1) is 0 Å². The predicted octanol–water partition coefficient (Wildman–Crippen LogP) is 1.90. The van der Waals surface area contributed by atoms with Crippen LogP contribution in [0, 0.1) is 5.92 Å². The highest BCUT2D eigenvalue weighted by Gasteiger charge is 2.24. The Labute approximate surface area is 73.6 Å². The summed E-state index contributed by atoms with van der Waals surface area (Å²) in [5, 5.41) is 3.33. The number of nitrogens with one attached hydrogen (secondary N) is 1. The van der Waals surface area contributed by atoms with Crippen molar-refractivity contribution < 1.29 is 0 Å². The number of hydrogen-bond donors (Lipinski definition) is 1. The highest BCUT2D eigenvalue weighted by Crippen LogP contribution is 2.28. The van der Waals surface area contributed by atoms with E-state index in [2.05, 4.69) is 30.6 Å². The molecule has 1 heterocycles. The summed E-state index contributed by atoms with van der Waals surface area (Å²) >= 11 is 2.06. The quantitative estimate of drug-likeness (QED) is 0.651. The van der Waals surface area contributed by atoms with Gasteiger partial charge >= 0.3 is 0 Å². The van der Waals surface area contributed by atoms with E-state index in [0.717, 1.165) is 5.92 Å². The van der Waals surface area contributed by atoms with Crippen LogP contribution in [0.1, 0.15) is 13.3 Å². The van der Waals surface area contributed by atoms with Gasteiger partial charge in [-0.25, -0.2) is 0 Å².